The Bertz CT molecular complexity index is 349. The second-order valence-corrected chi connectivity index (χ2v) is 4.72. The number of nitrogens with one attached hydrogen (secondary N) is 1. The summed E-state index contributed by atoms with van der Waals surface area (Å²) in [4.78, 5) is 4.09. The average molecular weight is 233 g/mol. The molecule has 0 spiro atoms. The number of rotatable bonds is 6. The second-order valence-electron chi connectivity index (χ2n) is 4.72. The molecular weight excluding hydrogens is 210 g/mol. The van der Waals surface area contributed by atoms with Crippen LogP contribution in [0, 0.1) is 12.8 Å². The highest BCUT2D eigenvalue weighted by molar-refractivity contribution is 5.63. The fourth-order valence-corrected chi connectivity index (χ4v) is 1.58. The van der Waals surface area contributed by atoms with E-state index in [4.69, 9.17) is 5.73 Å². The highest BCUT2D eigenvalue weighted by atomic mass is 14.8. The van der Waals surface area contributed by atoms with Crippen molar-refractivity contribution in [1.82, 2.24) is 10.3 Å². The summed E-state index contributed by atoms with van der Waals surface area (Å²) in [6, 6.07) is 1.98. The van der Waals surface area contributed by atoms with Crippen LogP contribution in [0.2, 0.25) is 0 Å². The summed E-state index contributed by atoms with van der Waals surface area (Å²) in [5.74, 6) is 1.31. The number of anilines is 1. The van der Waals surface area contributed by atoms with Gasteiger partial charge in [-0.25, -0.2) is 4.98 Å². The van der Waals surface area contributed by atoms with Crippen LogP contribution in [0.5, 0.6) is 0 Å². The molecule has 0 atom stereocenters. The molecule has 0 saturated carbocycles. The molecule has 1 heterocycles. The van der Waals surface area contributed by atoms with Crippen LogP contribution >= 0.6 is 0 Å². The quantitative estimate of drug-likeness (QED) is 0.743. The molecule has 3 N–H and O–H groups in total. The van der Waals surface area contributed by atoms with Crippen molar-refractivity contribution in [3.63, 3.8) is 0 Å². The lowest BCUT2D eigenvalue weighted by Crippen LogP contribution is -2.20. The van der Waals surface area contributed by atoms with Crippen LogP contribution < -0.4 is 11.1 Å². The number of nitrogen functional groups attached to an aromatic ring is 1. The molecule has 3 heteroatoms. The second kappa shape index (κ2) is 7.07. The summed E-state index contributed by atoms with van der Waals surface area (Å²) in [6.07, 6.45) is 6.97. The number of hydrogen-bond acceptors (Lipinski definition) is 3. The third kappa shape index (κ3) is 5.00. The third-order valence-corrected chi connectivity index (χ3v) is 2.56. The van der Waals surface area contributed by atoms with E-state index in [-0.39, 0.29) is 0 Å². The minimum atomic E-state index is 0.608. The van der Waals surface area contributed by atoms with Crippen molar-refractivity contribution in [2.45, 2.75) is 27.2 Å². The molecule has 0 aliphatic rings. The van der Waals surface area contributed by atoms with Gasteiger partial charge in [0.15, 0.2) is 0 Å². The van der Waals surface area contributed by atoms with Crippen molar-refractivity contribution in [3.05, 3.63) is 29.5 Å². The van der Waals surface area contributed by atoms with E-state index in [0.29, 0.717) is 11.7 Å². The number of pyridine rings is 1. The van der Waals surface area contributed by atoms with Gasteiger partial charge in [0.25, 0.3) is 0 Å². The maximum atomic E-state index is 5.82. The lowest BCUT2D eigenvalue weighted by Gasteiger charge is -2.05. The zero-order chi connectivity index (χ0) is 12.7. The first-order valence-electron chi connectivity index (χ1n) is 6.19. The van der Waals surface area contributed by atoms with Crippen LogP contribution in [0.4, 0.5) is 5.82 Å². The van der Waals surface area contributed by atoms with Crippen molar-refractivity contribution < 1.29 is 0 Å². The Morgan fingerprint density at radius 3 is 2.88 bits per heavy atom. The van der Waals surface area contributed by atoms with E-state index >= 15 is 0 Å². The zero-order valence-electron chi connectivity index (χ0n) is 11.0. The Hall–Kier alpha value is -1.35. The SMILES string of the molecule is Cc1ccnc(N)c1C=CCCNCC(C)C. The fraction of sp³-hybridized carbons (Fsp3) is 0.500. The van der Waals surface area contributed by atoms with Gasteiger partial charge in [0.2, 0.25) is 0 Å². The van der Waals surface area contributed by atoms with Crippen molar-refractivity contribution in [2.24, 2.45) is 5.92 Å². The molecule has 1 aromatic heterocycles. The maximum Gasteiger partial charge on any atom is 0.130 e. The van der Waals surface area contributed by atoms with E-state index in [1.165, 1.54) is 5.56 Å². The summed E-state index contributed by atoms with van der Waals surface area (Å²) < 4.78 is 0. The Morgan fingerprint density at radius 1 is 1.47 bits per heavy atom. The summed E-state index contributed by atoms with van der Waals surface area (Å²) in [5, 5.41) is 3.40. The molecule has 0 saturated heterocycles. The normalized spacial score (nSPS) is 11.5. The van der Waals surface area contributed by atoms with E-state index < -0.39 is 0 Å². The molecular formula is C14H23N3. The zero-order valence-corrected chi connectivity index (χ0v) is 11.0. The van der Waals surface area contributed by atoms with Gasteiger partial charge in [-0.2, -0.15) is 0 Å². The standard InChI is InChI=1S/C14H23N3/c1-11(2)10-16-8-5-4-6-13-12(3)7-9-17-14(13)15/h4,6-7,9,11,16H,5,8,10H2,1-3H3,(H2,15,17). The summed E-state index contributed by atoms with van der Waals surface area (Å²) in [5.41, 5.74) is 8.03. The molecule has 0 unspecified atom stereocenters. The van der Waals surface area contributed by atoms with E-state index in [0.717, 1.165) is 25.1 Å². The van der Waals surface area contributed by atoms with Gasteiger partial charge in [0.05, 0.1) is 0 Å². The first-order chi connectivity index (χ1) is 8.11. The predicted molar refractivity (Wildman–Crippen MR) is 74.7 cm³/mol. The lowest BCUT2D eigenvalue weighted by molar-refractivity contribution is 0.557. The molecule has 3 nitrogen and oxygen atoms in total. The van der Waals surface area contributed by atoms with Crippen LogP contribution in [0.1, 0.15) is 31.4 Å². The van der Waals surface area contributed by atoms with Crippen LogP contribution in [-0.2, 0) is 0 Å². The number of nitrogens with zero attached hydrogens (tertiary/aromatic N) is 1. The molecule has 0 radical (unpaired) electrons. The highest BCUT2D eigenvalue weighted by Gasteiger charge is 1.98. The van der Waals surface area contributed by atoms with E-state index in [2.05, 4.69) is 43.2 Å². The minimum Gasteiger partial charge on any atom is -0.383 e. The fourth-order valence-electron chi connectivity index (χ4n) is 1.58. The van der Waals surface area contributed by atoms with E-state index in [1.54, 1.807) is 6.20 Å². The molecule has 0 bridgehead atoms. The smallest absolute Gasteiger partial charge is 0.130 e. The maximum absolute atomic E-state index is 5.82. The van der Waals surface area contributed by atoms with Crippen molar-refractivity contribution in [1.29, 1.82) is 0 Å². The molecule has 0 amide bonds. The number of aryl methyl sites for hydroxylation is 1. The monoisotopic (exact) mass is 233 g/mol. The van der Waals surface area contributed by atoms with Gasteiger partial charge in [-0.1, -0.05) is 26.0 Å². The van der Waals surface area contributed by atoms with E-state index in [9.17, 15) is 0 Å². The highest BCUT2D eigenvalue weighted by Crippen LogP contribution is 2.15. The lowest BCUT2D eigenvalue weighted by atomic mass is 10.1. The van der Waals surface area contributed by atoms with Crippen molar-refractivity contribution in [3.8, 4) is 0 Å². The summed E-state index contributed by atoms with van der Waals surface area (Å²) >= 11 is 0. The Labute approximate surface area is 104 Å². The number of hydrogen-bond donors (Lipinski definition) is 2. The molecule has 0 fully saturated rings. The Morgan fingerprint density at radius 2 is 2.24 bits per heavy atom. The molecule has 1 aromatic rings. The Kier molecular flexibility index (Phi) is 5.70. The molecule has 0 aliphatic carbocycles. The van der Waals surface area contributed by atoms with Crippen LogP contribution in [-0.4, -0.2) is 18.1 Å². The van der Waals surface area contributed by atoms with Crippen LogP contribution in [0.3, 0.4) is 0 Å². The minimum absolute atomic E-state index is 0.608. The van der Waals surface area contributed by atoms with Gasteiger partial charge in [0, 0.05) is 11.8 Å². The predicted octanol–water partition coefficient (Wildman–Crippen LogP) is 2.62. The van der Waals surface area contributed by atoms with Crippen LogP contribution in [0.25, 0.3) is 6.08 Å². The van der Waals surface area contributed by atoms with Gasteiger partial charge < -0.3 is 11.1 Å². The molecule has 1 rings (SSSR count). The van der Waals surface area contributed by atoms with Gasteiger partial charge in [-0.05, 0) is 44.0 Å². The van der Waals surface area contributed by atoms with E-state index in [1.807, 2.05) is 6.07 Å². The van der Waals surface area contributed by atoms with Crippen molar-refractivity contribution in [2.75, 3.05) is 18.8 Å². The van der Waals surface area contributed by atoms with Gasteiger partial charge >= 0.3 is 0 Å². The summed E-state index contributed by atoms with van der Waals surface area (Å²) in [6.45, 7) is 8.55. The molecule has 94 valence electrons. The average Bonchev–Trinajstić information content (AvgIpc) is 2.26. The molecule has 0 aromatic carbocycles. The van der Waals surface area contributed by atoms with Gasteiger partial charge in [-0.3, -0.25) is 0 Å². The van der Waals surface area contributed by atoms with Gasteiger partial charge in [-0.15, -0.1) is 0 Å². The third-order valence-electron chi connectivity index (χ3n) is 2.56. The van der Waals surface area contributed by atoms with Gasteiger partial charge in [0.1, 0.15) is 5.82 Å². The topological polar surface area (TPSA) is 50.9 Å². The number of nitrogens with two attached hydrogens (primary N) is 1. The van der Waals surface area contributed by atoms with Crippen LogP contribution in [0.15, 0.2) is 18.3 Å². The van der Waals surface area contributed by atoms with Crippen molar-refractivity contribution >= 4 is 11.9 Å². The number of aromatic nitrogens is 1. The summed E-state index contributed by atoms with van der Waals surface area (Å²) in [7, 11) is 0. The largest absolute Gasteiger partial charge is 0.383 e. The molecule has 0 aliphatic heterocycles. The molecule has 17 heavy (non-hydrogen) atoms. The first-order valence-corrected chi connectivity index (χ1v) is 6.19. The Balaban J connectivity index is 2.38. The first kappa shape index (κ1) is 13.7.